The Morgan fingerprint density at radius 1 is 1.11 bits per heavy atom. The highest BCUT2D eigenvalue weighted by atomic mass is 19.1. The lowest BCUT2D eigenvalue weighted by molar-refractivity contribution is 0.0938. The molecule has 3 N–H and O–H groups in total. The van der Waals surface area contributed by atoms with Crippen LogP contribution in [0.5, 0.6) is 0 Å². The summed E-state index contributed by atoms with van der Waals surface area (Å²) in [5.74, 6) is -0.438. The molecule has 0 unspecified atom stereocenters. The van der Waals surface area contributed by atoms with Gasteiger partial charge >= 0.3 is 6.03 Å². The average Bonchev–Trinajstić information content (AvgIpc) is 3.15. The van der Waals surface area contributed by atoms with Crippen molar-refractivity contribution in [1.82, 2.24) is 10.6 Å². The molecule has 0 atom stereocenters. The fourth-order valence-corrected chi connectivity index (χ4v) is 3.27. The molecule has 142 valence electrons. The van der Waals surface area contributed by atoms with Crippen molar-refractivity contribution in [3.8, 4) is 0 Å². The number of urea groups is 1. The monoisotopic (exact) mass is 369 g/mol. The molecule has 0 bridgehead atoms. The zero-order valence-corrected chi connectivity index (χ0v) is 15.3. The Bertz CT molecular complexity index is 832. The zero-order valence-electron chi connectivity index (χ0n) is 15.3. The second-order valence-corrected chi connectivity index (χ2v) is 6.88. The maximum Gasteiger partial charge on any atom is 0.319 e. The lowest BCUT2D eigenvalue weighted by Crippen LogP contribution is -2.32. The van der Waals surface area contributed by atoms with E-state index in [-0.39, 0.29) is 24.3 Å². The molecule has 3 rings (SSSR count). The third kappa shape index (κ3) is 5.06. The van der Waals surface area contributed by atoms with Gasteiger partial charge in [-0.2, -0.15) is 0 Å². The molecule has 1 aliphatic carbocycles. The van der Waals surface area contributed by atoms with E-state index in [9.17, 15) is 14.0 Å². The standard InChI is InChI=1S/C21H24FN3O2/c1-14-12-15(20(26)24-17-7-3-4-8-17)10-11-19(14)25-21(27)23-13-16-6-2-5-9-18(16)22/h2,5-6,9-12,17H,3-4,7-8,13H2,1H3,(H,24,26)(H2,23,25,27). The fraction of sp³-hybridized carbons (Fsp3) is 0.333. The van der Waals surface area contributed by atoms with Crippen LogP contribution < -0.4 is 16.0 Å². The molecule has 3 amide bonds. The van der Waals surface area contributed by atoms with Gasteiger partial charge in [-0.15, -0.1) is 0 Å². The summed E-state index contributed by atoms with van der Waals surface area (Å²) in [6.45, 7) is 1.93. The van der Waals surface area contributed by atoms with E-state index in [1.807, 2.05) is 6.92 Å². The highest BCUT2D eigenvalue weighted by molar-refractivity contribution is 5.96. The van der Waals surface area contributed by atoms with Crippen LogP contribution >= 0.6 is 0 Å². The summed E-state index contributed by atoms with van der Waals surface area (Å²) in [4.78, 5) is 24.4. The van der Waals surface area contributed by atoms with Crippen LogP contribution in [0.25, 0.3) is 0 Å². The number of carbonyl (C=O) groups excluding carboxylic acids is 2. The van der Waals surface area contributed by atoms with Crippen LogP contribution in [-0.4, -0.2) is 18.0 Å². The van der Waals surface area contributed by atoms with Crippen LogP contribution in [0.2, 0.25) is 0 Å². The minimum atomic E-state index is -0.426. The Balaban J connectivity index is 1.56. The third-order valence-corrected chi connectivity index (χ3v) is 4.82. The number of hydrogen-bond acceptors (Lipinski definition) is 2. The SMILES string of the molecule is Cc1cc(C(=O)NC2CCCC2)ccc1NC(=O)NCc1ccccc1F. The Hall–Kier alpha value is -2.89. The normalized spacial score (nSPS) is 14.0. The molecule has 5 nitrogen and oxygen atoms in total. The number of carbonyl (C=O) groups is 2. The van der Waals surface area contributed by atoms with E-state index in [1.54, 1.807) is 36.4 Å². The maximum atomic E-state index is 13.6. The van der Waals surface area contributed by atoms with Gasteiger partial charge in [0.25, 0.3) is 5.91 Å². The van der Waals surface area contributed by atoms with Gasteiger partial charge in [0.1, 0.15) is 5.82 Å². The number of nitrogens with one attached hydrogen (secondary N) is 3. The van der Waals surface area contributed by atoms with Crippen LogP contribution in [0.4, 0.5) is 14.9 Å². The molecule has 0 aliphatic heterocycles. The first kappa shape index (κ1) is 18.9. The van der Waals surface area contributed by atoms with Crippen molar-refractivity contribution in [2.45, 2.75) is 45.2 Å². The number of amides is 3. The first-order valence-electron chi connectivity index (χ1n) is 9.22. The van der Waals surface area contributed by atoms with Crippen molar-refractivity contribution in [2.24, 2.45) is 0 Å². The lowest BCUT2D eigenvalue weighted by atomic mass is 10.1. The first-order valence-corrected chi connectivity index (χ1v) is 9.22. The number of rotatable bonds is 5. The third-order valence-electron chi connectivity index (χ3n) is 4.82. The van der Waals surface area contributed by atoms with Crippen molar-refractivity contribution < 1.29 is 14.0 Å². The number of anilines is 1. The van der Waals surface area contributed by atoms with Crippen LogP contribution in [0.15, 0.2) is 42.5 Å². The first-order chi connectivity index (χ1) is 13.0. The van der Waals surface area contributed by atoms with Crippen LogP contribution in [-0.2, 0) is 6.54 Å². The van der Waals surface area contributed by atoms with Crippen molar-refractivity contribution in [3.05, 3.63) is 65.0 Å². The van der Waals surface area contributed by atoms with Crippen LogP contribution in [0.1, 0.15) is 47.2 Å². The van der Waals surface area contributed by atoms with E-state index >= 15 is 0 Å². The van der Waals surface area contributed by atoms with Crippen LogP contribution in [0, 0.1) is 12.7 Å². The Labute approximate surface area is 158 Å². The van der Waals surface area contributed by atoms with Gasteiger partial charge in [0, 0.05) is 29.4 Å². The van der Waals surface area contributed by atoms with Crippen LogP contribution in [0.3, 0.4) is 0 Å². The van der Waals surface area contributed by atoms with E-state index < -0.39 is 6.03 Å². The topological polar surface area (TPSA) is 70.2 Å². The quantitative estimate of drug-likeness (QED) is 0.742. The molecule has 0 aromatic heterocycles. The molecular weight excluding hydrogens is 345 g/mol. The number of benzene rings is 2. The van der Waals surface area contributed by atoms with Gasteiger partial charge in [-0.1, -0.05) is 31.0 Å². The van der Waals surface area contributed by atoms with Crippen molar-refractivity contribution in [1.29, 1.82) is 0 Å². The van der Waals surface area contributed by atoms with Gasteiger partial charge < -0.3 is 16.0 Å². The summed E-state index contributed by atoms with van der Waals surface area (Å²) in [5, 5.41) is 8.42. The fourth-order valence-electron chi connectivity index (χ4n) is 3.27. The van der Waals surface area contributed by atoms with Crippen molar-refractivity contribution in [2.75, 3.05) is 5.32 Å². The van der Waals surface area contributed by atoms with Gasteiger partial charge in [0.2, 0.25) is 0 Å². The second kappa shape index (κ2) is 8.66. The molecule has 0 spiro atoms. The summed E-state index contributed by atoms with van der Waals surface area (Å²) >= 11 is 0. The van der Waals surface area contributed by atoms with Crippen molar-refractivity contribution >= 4 is 17.6 Å². The summed E-state index contributed by atoms with van der Waals surface area (Å²) < 4.78 is 13.6. The van der Waals surface area contributed by atoms with E-state index in [4.69, 9.17) is 0 Å². The number of aryl methyl sites for hydroxylation is 1. The molecule has 0 heterocycles. The molecule has 2 aromatic rings. The van der Waals surface area contributed by atoms with Gasteiger partial charge in [0.15, 0.2) is 0 Å². The zero-order chi connectivity index (χ0) is 19.2. The number of halogens is 1. The Morgan fingerprint density at radius 2 is 1.85 bits per heavy atom. The summed E-state index contributed by atoms with van der Waals surface area (Å²) in [5.41, 5.74) is 2.40. The summed E-state index contributed by atoms with van der Waals surface area (Å²) in [6, 6.07) is 11.3. The Morgan fingerprint density at radius 3 is 2.56 bits per heavy atom. The highest BCUT2D eigenvalue weighted by Gasteiger charge is 2.18. The van der Waals surface area contributed by atoms with E-state index in [1.165, 1.54) is 6.07 Å². The molecule has 0 saturated heterocycles. The molecule has 27 heavy (non-hydrogen) atoms. The van der Waals surface area contributed by atoms with Gasteiger partial charge in [0.05, 0.1) is 0 Å². The molecular formula is C21H24FN3O2. The molecule has 0 radical (unpaired) electrons. The number of hydrogen-bond donors (Lipinski definition) is 3. The maximum absolute atomic E-state index is 13.6. The van der Waals surface area contributed by atoms with Crippen molar-refractivity contribution in [3.63, 3.8) is 0 Å². The summed E-state index contributed by atoms with van der Waals surface area (Å²) in [6.07, 6.45) is 4.39. The Kier molecular flexibility index (Phi) is 6.06. The predicted molar refractivity (Wildman–Crippen MR) is 103 cm³/mol. The lowest BCUT2D eigenvalue weighted by Gasteiger charge is -2.14. The highest BCUT2D eigenvalue weighted by Crippen LogP contribution is 2.20. The molecule has 1 fully saturated rings. The smallest absolute Gasteiger partial charge is 0.319 e. The van der Waals surface area contributed by atoms with E-state index in [2.05, 4.69) is 16.0 Å². The molecule has 2 aromatic carbocycles. The largest absolute Gasteiger partial charge is 0.349 e. The molecule has 6 heteroatoms. The average molecular weight is 369 g/mol. The van der Waals surface area contributed by atoms with E-state index in [0.29, 0.717) is 16.8 Å². The second-order valence-electron chi connectivity index (χ2n) is 6.88. The minimum absolute atomic E-state index is 0.0828. The summed E-state index contributed by atoms with van der Waals surface area (Å²) in [7, 11) is 0. The molecule has 1 saturated carbocycles. The van der Waals surface area contributed by atoms with Gasteiger partial charge in [-0.3, -0.25) is 4.79 Å². The van der Waals surface area contributed by atoms with Gasteiger partial charge in [-0.05, 0) is 49.6 Å². The van der Waals surface area contributed by atoms with E-state index in [0.717, 1.165) is 31.2 Å². The predicted octanol–water partition coefficient (Wildman–Crippen LogP) is 4.13. The van der Waals surface area contributed by atoms with Gasteiger partial charge in [-0.25, -0.2) is 9.18 Å². The molecule has 1 aliphatic rings. The minimum Gasteiger partial charge on any atom is -0.349 e.